The molecule has 0 radical (unpaired) electrons. The smallest absolute Gasteiger partial charge is 0.318 e. The lowest BCUT2D eigenvalue weighted by molar-refractivity contribution is -0.142. The Kier molecular flexibility index (Phi) is 3.91. The van der Waals surface area contributed by atoms with Gasteiger partial charge in [0, 0.05) is 6.04 Å². The SMILES string of the molecule is CC1C(=O)NC(=O)CN1C(=O)NC1CCCC1C(=O)O. The van der Waals surface area contributed by atoms with Gasteiger partial charge in [-0.1, -0.05) is 6.42 Å². The topological polar surface area (TPSA) is 116 Å². The molecule has 20 heavy (non-hydrogen) atoms. The lowest BCUT2D eigenvalue weighted by Crippen LogP contribution is -2.61. The molecule has 0 aromatic carbocycles. The third-order valence-electron chi connectivity index (χ3n) is 3.83. The fourth-order valence-electron chi connectivity index (χ4n) is 2.63. The van der Waals surface area contributed by atoms with Crippen molar-refractivity contribution in [2.75, 3.05) is 6.54 Å². The number of amides is 4. The van der Waals surface area contributed by atoms with Gasteiger partial charge in [-0.25, -0.2) is 4.79 Å². The van der Waals surface area contributed by atoms with Crippen molar-refractivity contribution in [2.45, 2.75) is 38.3 Å². The fourth-order valence-corrected chi connectivity index (χ4v) is 2.63. The van der Waals surface area contributed by atoms with Crippen LogP contribution in [0.4, 0.5) is 4.79 Å². The minimum absolute atomic E-state index is 0.205. The summed E-state index contributed by atoms with van der Waals surface area (Å²) >= 11 is 0. The molecule has 110 valence electrons. The maximum Gasteiger partial charge on any atom is 0.318 e. The average molecular weight is 283 g/mol. The summed E-state index contributed by atoms with van der Waals surface area (Å²) in [5.74, 6) is -2.61. The van der Waals surface area contributed by atoms with Crippen LogP contribution in [0, 0.1) is 5.92 Å². The molecule has 8 heteroatoms. The van der Waals surface area contributed by atoms with Crippen LogP contribution in [0.25, 0.3) is 0 Å². The highest BCUT2D eigenvalue weighted by Crippen LogP contribution is 2.26. The van der Waals surface area contributed by atoms with Crippen molar-refractivity contribution in [1.29, 1.82) is 0 Å². The van der Waals surface area contributed by atoms with E-state index in [1.165, 1.54) is 6.92 Å². The van der Waals surface area contributed by atoms with E-state index in [0.29, 0.717) is 12.8 Å². The summed E-state index contributed by atoms with van der Waals surface area (Å²) < 4.78 is 0. The number of piperazine rings is 1. The quantitative estimate of drug-likeness (QED) is 0.579. The molecular formula is C12H17N3O5. The third-order valence-corrected chi connectivity index (χ3v) is 3.83. The van der Waals surface area contributed by atoms with Crippen LogP contribution in [0.3, 0.4) is 0 Å². The van der Waals surface area contributed by atoms with Gasteiger partial charge in [0.05, 0.1) is 5.92 Å². The molecule has 2 aliphatic rings. The molecule has 0 spiro atoms. The number of imide groups is 1. The van der Waals surface area contributed by atoms with Crippen LogP contribution in [-0.2, 0) is 14.4 Å². The number of hydrogen-bond donors (Lipinski definition) is 3. The maximum absolute atomic E-state index is 12.1. The average Bonchev–Trinajstić information content (AvgIpc) is 2.81. The summed E-state index contributed by atoms with van der Waals surface area (Å²) in [6.07, 6.45) is 1.84. The zero-order valence-electron chi connectivity index (χ0n) is 11.1. The predicted molar refractivity (Wildman–Crippen MR) is 66.6 cm³/mol. The van der Waals surface area contributed by atoms with Gasteiger partial charge in [0.1, 0.15) is 12.6 Å². The van der Waals surface area contributed by atoms with Crippen LogP contribution >= 0.6 is 0 Å². The monoisotopic (exact) mass is 283 g/mol. The molecule has 3 N–H and O–H groups in total. The van der Waals surface area contributed by atoms with Crippen molar-refractivity contribution in [2.24, 2.45) is 5.92 Å². The van der Waals surface area contributed by atoms with Gasteiger partial charge in [-0.15, -0.1) is 0 Å². The van der Waals surface area contributed by atoms with Gasteiger partial charge >= 0.3 is 12.0 Å². The van der Waals surface area contributed by atoms with Gasteiger partial charge in [0.2, 0.25) is 11.8 Å². The first kappa shape index (κ1) is 14.3. The van der Waals surface area contributed by atoms with Crippen molar-refractivity contribution in [1.82, 2.24) is 15.5 Å². The van der Waals surface area contributed by atoms with Crippen molar-refractivity contribution < 1.29 is 24.3 Å². The van der Waals surface area contributed by atoms with Gasteiger partial charge < -0.3 is 15.3 Å². The molecule has 2 fully saturated rings. The molecule has 1 aliphatic carbocycles. The lowest BCUT2D eigenvalue weighted by Gasteiger charge is -2.33. The highest BCUT2D eigenvalue weighted by molar-refractivity contribution is 6.03. The fraction of sp³-hybridized carbons (Fsp3) is 0.667. The van der Waals surface area contributed by atoms with Gasteiger partial charge in [-0.3, -0.25) is 19.7 Å². The van der Waals surface area contributed by atoms with E-state index in [9.17, 15) is 19.2 Å². The largest absolute Gasteiger partial charge is 0.481 e. The minimum Gasteiger partial charge on any atom is -0.481 e. The Morgan fingerprint density at radius 2 is 2.05 bits per heavy atom. The number of urea groups is 1. The molecule has 1 saturated heterocycles. The molecule has 1 heterocycles. The number of aliphatic carboxylic acids is 1. The second kappa shape index (κ2) is 5.48. The lowest BCUT2D eigenvalue weighted by atomic mass is 10.0. The molecule has 3 unspecified atom stereocenters. The van der Waals surface area contributed by atoms with E-state index < -0.39 is 41.8 Å². The Bertz CT molecular complexity index is 464. The second-order valence-electron chi connectivity index (χ2n) is 5.15. The number of rotatable bonds is 2. The van der Waals surface area contributed by atoms with Crippen LogP contribution in [0.15, 0.2) is 0 Å². The van der Waals surface area contributed by atoms with E-state index in [1.807, 2.05) is 0 Å². The van der Waals surface area contributed by atoms with Crippen LogP contribution in [0.1, 0.15) is 26.2 Å². The third kappa shape index (κ3) is 2.73. The normalized spacial score (nSPS) is 30.1. The molecule has 1 saturated carbocycles. The first-order valence-electron chi connectivity index (χ1n) is 6.53. The number of nitrogens with zero attached hydrogens (tertiary/aromatic N) is 1. The number of carbonyl (C=O) groups is 4. The van der Waals surface area contributed by atoms with Gasteiger partial charge in [0.15, 0.2) is 0 Å². The Morgan fingerprint density at radius 1 is 1.35 bits per heavy atom. The van der Waals surface area contributed by atoms with E-state index in [-0.39, 0.29) is 6.54 Å². The molecular weight excluding hydrogens is 266 g/mol. The highest BCUT2D eigenvalue weighted by atomic mass is 16.4. The van der Waals surface area contributed by atoms with E-state index in [0.717, 1.165) is 11.3 Å². The summed E-state index contributed by atoms with van der Waals surface area (Å²) in [7, 11) is 0. The zero-order valence-corrected chi connectivity index (χ0v) is 11.1. The standard InChI is InChI=1S/C12H17N3O5/c1-6-10(17)14-9(16)5-15(6)12(20)13-8-4-2-3-7(8)11(18)19/h6-8H,2-5H2,1H3,(H,13,20)(H,18,19)(H,14,16,17). The van der Waals surface area contributed by atoms with Gasteiger partial charge in [0.25, 0.3) is 0 Å². The number of carboxylic acids is 1. The number of nitrogens with one attached hydrogen (secondary N) is 2. The summed E-state index contributed by atoms with van der Waals surface area (Å²) in [6, 6.07) is -1.77. The Balaban J connectivity index is 2.02. The summed E-state index contributed by atoms with van der Waals surface area (Å²) in [4.78, 5) is 47.1. The first-order valence-corrected chi connectivity index (χ1v) is 6.53. The van der Waals surface area contributed by atoms with Gasteiger partial charge in [-0.05, 0) is 19.8 Å². The molecule has 1 aliphatic heterocycles. The molecule has 0 aromatic heterocycles. The molecule has 3 atom stereocenters. The van der Waals surface area contributed by atoms with Crippen LogP contribution in [-0.4, -0.2) is 52.4 Å². The van der Waals surface area contributed by atoms with E-state index in [1.54, 1.807) is 0 Å². The maximum atomic E-state index is 12.1. The van der Waals surface area contributed by atoms with Crippen molar-refractivity contribution in [3.8, 4) is 0 Å². The van der Waals surface area contributed by atoms with Crippen molar-refractivity contribution >= 4 is 23.8 Å². The Labute approximate surface area is 115 Å². The highest BCUT2D eigenvalue weighted by Gasteiger charge is 2.38. The van der Waals surface area contributed by atoms with Crippen molar-refractivity contribution in [3.05, 3.63) is 0 Å². The van der Waals surface area contributed by atoms with Crippen molar-refractivity contribution in [3.63, 3.8) is 0 Å². The predicted octanol–water partition coefficient (Wildman–Crippen LogP) is -0.704. The molecule has 4 amide bonds. The molecule has 2 rings (SSSR count). The molecule has 8 nitrogen and oxygen atoms in total. The van der Waals surface area contributed by atoms with Crippen LogP contribution in [0.2, 0.25) is 0 Å². The zero-order chi connectivity index (χ0) is 14.9. The number of carboxylic acid groups (broad SMARTS) is 1. The van der Waals surface area contributed by atoms with E-state index in [2.05, 4.69) is 10.6 Å². The number of hydrogen-bond acceptors (Lipinski definition) is 4. The Morgan fingerprint density at radius 3 is 2.70 bits per heavy atom. The van der Waals surface area contributed by atoms with Gasteiger partial charge in [-0.2, -0.15) is 0 Å². The van der Waals surface area contributed by atoms with Crippen LogP contribution < -0.4 is 10.6 Å². The van der Waals surface area contributed by atoms with Crippen LogP contribution in [0.5, 0.6) is 0 Å². The molecule has 0 aromatic rings. The minimum atomic E-state index is -0.937. The summed E-state index contributed by atoms with van der Waals surface area (Å²) in [6.45, 7) is 1.31. The summed E-state index contributed by atoms with van der Waals surface area (Å²) in [5, 5.41) is 13.8. The second-order valence-corrected chi connectivity index (χ2v) is 5.15. The van der Waals surface area contributed by atoms with E-state index in [4.69, 9.17) is 5.11 Å². The van der Waals surface area contributed by atoms with E-state index >= 15 is 0 Å². The number of carbonyl (C=O) groups excluding carboxylic acids is 3. The first-order chi connectivity index (χ1) is 9.40. The summed E-state index contributed by atoms with van der Waals surface area (Å²) in [5.41, 5.74) is 0. The Hall–Kier alpha value is -2.12. The molecule has 0 bridgehead atoms.